The van der Waals surface area contributed by atoms with Gasteiger partial charge in [-0.05, 0) is 55.3 Å². The number of ether oxygens (including phenoxy) is 2. The van der Waals surface area contributed by atoms with Crippen LogP contribution in [-0.2, 0) is 13.0 Å². The highest BCUT2D eigenvalue weighted by Gasteiger charge is 2.23. The monoisotopic (exact) mass is 446 g/mol. The van der Waals surface area contributed by atoms with Gasteiger partial charge in [0.15, 0.2) is 11.5 Å². The standard InChI is InChI=1S/C26H26N2O3S/c1-17(13-18-7-9-21(30-2)10-8-18)28-11-12-31-25-20(16-28)14-19(15-23(25)29)26-27-22-5-3-4-6-24(22)32-26/h3-10,14-15,17,29H,11-13,16H2,1-2H3. The van der Waals surface area contributed by atoms with Crippen molar-refractivity contribution in [2.75, 3.05) is 20.3 Å². The molecule has 0 saturated heterocycles. The van der Waals surface area contributed by atoms with E-state index in [2.05, 4.69) is 36.1 Å². The lowest BCUT2D eigenvalue weighted by molar-refractivity contribution is 0.177. The first-order valence-corrected chi connectivity index (χ1v) is 11.6. The minimum absolute atomic E-state index is 0.182. The Morgan fingerprint density at radius 2 is 1.97 bits per heavy atom. The van der Waals surface area contributed by atoms with Crippen LogP contribution in [0.1, 0.15) is 18.1 Å². The number of phenolic OH excluding ortho intramolecular Hbond substituents is 1. The van der Waals surface area contributed by atoms with Crippen molar-refractivity contribution in [2.45, 2.75) is 25.9 Å². The largest absolute Gasteiger partial charge is 0.504 e. The molecule has 164 valence electrons. The van der Waals surface area contributed by atoms with Crippen molar-refractivity contribution < 1.29 is 14.6 Å². The predicted octanol–water partition coefficient (Wildman–Crippen LogP) is 5.50. The van der Waals surface area contributed by atoms with Crippen LogP contribution in [-0.4, -0.2) is 41.3 Å². The van der Waals surface area contributed by atoms with Gasteiger partial charge in [-0.15, -0.1) is 11.3 Å². The maximum atomic E-state index is 10.7. The Labute approximate surface area is 191 Å². The van der Waals surface area contributed by atoms with Crippen LogP contribution in [0, 0.1) is 0 Å². The highest BCUT2D eigenvalue weighted by atomic mass is 32.1. The van der Waals surface area contributed by atoms with Crippen molar-refractivity contribution in [3.63, 3.8) is 0 Å². The minimum atomic E-state index is 0.182. The number of rotatable bonds is 5. The summed E-state index contributed by atoms with van der Waals surface area (Å²) in [6.45, 7) is 4.32. The molecule has 1 atom stereocenters. The van der Waals surface area contributed by atoms with Gasteiger partial charge in [0.25, 0.3) is 0 Å². The topological polar surface area (TPSA) is 54.8 Å². The second-order valence-corrected chi connectivity index (χ2v) is 9.22. The first kappa shape index (κ1) is 20.8. The lowest BCUT2D eigenvalue weighted by Crippen LogP contribution is -2.35. The average Bonchev–Trinajstić information content (AvgIpc) is 3.12. The molecule has 0 amide bonds. The van der Waals surface area contributed by atoms with Gasteiger partial charge in [-0.1, -0.05) is 24.3 Å². The molecule has 0 saturated carbocycles. The normalized spacial score (nSPS) is 15.1. The summed E-state index contributed by atoms with van der Waals surface area (Å²) < 4.78 is 12.4. The molecule has 5 rings (SSSR count). The van der Waals surface area contributed by atoms with Gasteiger partial charge in [0.05, 0.1) is 17.3 Å². The van der Waals surface area contributed by atoms with E-state index in [0.717, 1.165) is 51.6 Å². The Hall–Kier alpha value is -3.09. The molecule has 4 aromatic rings. The van der Waals surface area contributed by atoms with E-state index >= 15 is 0 Å². The number of aromatic nitrogens is 1. The summed E-state index contributed by atoms with van der Waals surface area (Å²) in [6, 6.07) is 20.6. The second-order valence-electron chi connectivity index (χ2n) is 8.19. The number of hydrogen-bond acceptors (Lipinski definition) is 6. The van der Waals surface area contributed by atoms with Gasteiger partial charge in [-0.2, -0.15) is 0 Å². The fraction of sp³-hybridized carbons (Fsp3) is 0.269. The van der Waals surface area contributed by atoms with Crippen molar-refractivity contribution in [2.24, 2.45) is 0 Å². The lowest BCUT2D eigenvalue weighted by Gasteiger charge is -2.27. The molecule has 0 radical (unpaired) electrons. The van der Waals surface area contributed by atoms with Crippen LogP contribution < -0.4 is 9.47 Å². The SMILES string of the molecule is COc1ccc(CC(C)N2CCOc3c(O)cc(-c4nc5ccccc5s4)cc3C2)cc1. The summed E-state index contributed by atoms with van der Waals surface area (Å²) in [7, 11) is 1.68. The number of para-hydroxylation sites is 1. The van der Waals surface area contributed by atoms with Crippen molar-refractivity contribution in [1.82, 2.24) is 9.88 Å². The van der Waals surface area contributed by atoms with Crippen molar-refractivity contribution in [1.29, 1.82) is 0 Å². The van der Waals surface area contributed by atoms with Crippen LogP contribution in [0.15, 0.2) is 60.7 Å². The zero-order valence-corrected chi connectivity index (χ0v) is 19.1. The van der Waals surface area contributed by atoms with Gasteiger partial charge in [0.1, 0.15) is 17.4 Å². The number of thiazole rings is 1. The van der Waals surface area contributed by atoms with E-state index in [9.17, 15) is 5.11 Å². The smallest absolute Gasteiger partial charge is 0.165 e. The van der Waals surface area contributed by atoms with E-state index < -0.39 is 0 Å². The molecule has 0 fully saturated rings. The molecule has 0 spiro atoms. The lowest BCUT2D eigenvalue weighted by atomic mass is 10.0. The second kappa shape index (κ2) is 8.81. The third-order valence-electron chi connectivity index (χ3n) is 6.00. The summed E-state index contributed by atoms with van der Waals surface area (Å²) in [4.78, 5) is 7.18. The van der Waals surface area contributed by atoms with E-state index in [1.165, 1.54) is 5.56 Å². The number of nitrogens with zero attached hydrogens (tertiary/aromatic N) is 2. The van der Waals surface area contributed by atoms with Gasteiger partial charge in [-0.3, -0.25) is 4.90 Å². The molecular formula is C26H26N2O3S. The highest BCUT2D eigenvalue weighted by molar-refractivity contribution is 7.21. The molecule has 5 nitrogen and oxygen atoms in total. The molecule has 1 N–H and O–H groups in total. The molecule has 1 aliphatic heterocycles. The van der Waals surface area contributed by atoms with Crippen LogP contribution in [0.2, 0.25) is 0 Å². The zero-order chi connectivity index (χ0) is 22.1. The predicted molar refractivity (Wildman–Crippen MR) is 129 cm³/mol. The van der Waals surface area contributed by atoms with Gasteiger partial charge in [0, 0.05) is 30.3 Å². The van der Waals surface area contributed by atoms with Gasteiger partial charge >= 0.3 is 0 Å². The molecule has 0 bridgehead atoms. The van der Waals surface area contributed by atoms with Crippen molar-refractivity contribution in [3.8, 4) is 27.8 Å². The molecule has 1 aliphatic rings. The van der Waals surface area contributed by atoms with E-state index in [4.69, 9.17) is 14.5 Å². The Morgan fingerprint density at radius 3 is 2.75 bits per heavy atom. The summed E-state index contributed by atoms with van der Waals surface area (Å²) >= 11 is 1.64. The number of phenols is 1. The van der Waals surface area contributed by atoms with Gasteiger partial charge in [-0.25, -0.2) is 4.98 Å². The molecular weight excluding hydrogens is 420 g/mol. The van der Waals surface area contributed by atoms with Crippen molar-refractivity contribution in [3.05, 3.63) is 71.8 Å². The zero-order valence-electron chi connectivity index (χ0n) is 18.2. The number of benzene rings is 3. The minimum Gasteiger partial charge on any atom is -0.504 e. The van der Waals surface area contributed by atoms with E-state index in [1.54, 1.807) is 24.5 Å². The van der Waals surface area contributed by atoms with E-state index in [1.807, 2.05) is 30.3 Å². The van der Waals surface area contributed by atoms with Crippen LogP contribution in [0.4, 0.5) is 0 Å². The number of aromatic hydroxyl groups is 1. The highest BCUT2D eigenvalue weighted by Crippen LogP contribution is 2.40. The van der Waals surface area contributed by atoms with Crippen LogP contribution in [0.25, 0.3) is 20.8 Å². The molecule has 32 heavy (non-hydrogen) atoms. The van der Waals surface area contributed by atoms with E-state index in [-0.39, 0.29) is 5.75 Å². The molecule has 3 aromatic carbocycles. The Morgan fingerprint density at radius 1 is 1.16 bits per heavy atom. The Kier molecular flexibility index (Phi) is 5.72. The number of fused-ring (bicyclic) bond motifs is 2. The maximum absolute atomic E-state index is 10.7. The fourth-order valence-corrected chi connectivity index (χ4v) is 5.20. The first-order chi connectivity index (χ1) is 15.6. The number of methoxy groups -OCH3 is 1. The molecule has 1 aromatic heterocycles. The van der Waals surface area contributed by atoms with Crippen LogP contribution in [0.3, 0.4) is 0 Å². The molecule has 6 heteroatoms. The molecule has 2 heterocycles. The molecule has 0 aliphatic carbocycles. The Bertz CT molecular complexity index is 1200. The van der Waals surface area contributed by atoms with Crippen molar-refractivity contribution >= 4 is 21.6 Å². The Balaban J connectivity index is 1.40. The van der Waals surface area contributed by atoms with Gasteiger partial charge in [0.2, 0.25) is 0 Å². The summed E-state index contributed by atoms with van der Waals surface area (Å²) in [5.41, 5.74) is 4.18. The third-order valence-corrected chi connectivity index (χ3v) is 7.08. The average molecular weight is 447 g/mol. The summed E-state index contributed by atoms with van der Waals surface area (Å²) in [5, 5.41) is 11.6. The summed E-state index contributed by atoms with van der Waals surface area (Å²) in [5.74, 6) is 1.65. The van der Waals surface area contributed by atoms with Crippen LogP contribution in [0.5, 0.6) is 17.2 Å². The van der Waals surface area contributed by atoms with Gasteiger partial charge < -0.3 is 14.6 Å². The van der Waals surface area contributed by atoms with Crippen LogP contribution >= 0.6 is 11.3 Å². The summed E-state index contributed by atoms with van der Waals surface area (Å²) in [6.07, 6.45) is 0.933. The quantitative estimate of drug-likeness (QED) is 0.439. The molecule has 1 unspecified atom stereocenters. The fourth-order valence-electron chi connectivity index (χ4n) is 4.25. The third kappa shape index (κ3) is 4.16. The first-order valence-electron chi connectivity index (χ1n) is 10.8. The van der Waals surface area contributed by atoms with E-state index in [0.29, 0.717) is 18.4 Å². The number of hydrogen-bond donors (Lipinski definition) is 1. The maximum Gasteiger partial charge on any atom is 0.165 e.